The highest BCUT2D eigenvalue weighted by atomic mass is 16.7. The van der Waals surface area contributed by atoms with E-state index in [1.165, 1.54) is 5.56 Å². The zero-order valence-electron chi connectivity index (χ0n) is 13.7. The Labute approximate surface area is 142 Å². The third-order valence-electron chi connectivity index (χ3n) is 4.58. The van der Waals surface area contributed by atoms with Crippen molar-refractivity contribution in [1.82, 2.24) is 14.9 Å². The van der Waals surface area contributed by atoms with Gasteiger partial charge in [-0.1, -0.05) is 6.07 Å². The standard InChI is InChI=1S/C18H22N4O2/c1(3-15-4-5-16-17(13-15)24-14-23-16)8-21-9-11-22(12-10-21)18-19-6-2-7-20-18/h2,4-7,13H,1,3,8-12,14H2. The summed E-state index contributed by atoms with van der Waals surface area (Å²) in [4.78, 5) is 13.4. The monoisotopic (exact) mass is 326 g/mol. The summed E-state index contributed by atoms with van der Waals surface area (Å²) < 4.78 is 10.8. The van der Waals surface area contributed by atoms with E-state index in [2.05, 4.69) is 31.9 Å². The van der Waals surface area contributed by atoms with Crippen molar-refractivity contribution in [1.29, 1.82) is 0 Å². The van der Waals surface area contributed by atoms with Gasteiger partial charge in [0.25, 0.3) is 0 Å². The molecule has 6 nitrogen and oxygen atoms in total. The summed E-state index contributed by atoms with van der Waals surface area (Å²) in [5.74, 6) is 2.58. The Morgan fingerprint density at radius 2 is 1.75 bits per heavy atom. The molecule has 1 saturated heterocycles. The number of hydrogen-bond donors (Lipinski definition) is 0. The highest BCUT2D eigenvalue weighted by Gasteiger charge is 2.18. The molecule has 0 saturated carbocycles. The Bertz CT molecular complexity index is 672. The lowest BCUT2D eigenvalue weighted by Crippen LogP contribution is -2.47. The van der Waals surface area contributed by atoms with Crippen LogP contribution in [0.1, 0.15) is 12.0 Å². The molecule has 0 radical (unpaired) electrons. The van der Waals surface area contributed by atoms with E-state index in [0.29, 0.717) is 6.79 Å². The molecule has 0 spiro atoms. The van der Waals surface area contributed by atoms with Gasteiger partial charge < -0.3 is 14.4 Å². The molecule has 1 aromatic heterocycles. The number of fused-ring (bicyclic) bond motifs is 1. The van der Waals surface area contributed by atoms with Gasteiger partial charge in [0.05, 0.1) is 0 Å². The quantitative estimate of drug-likeness (QED) is 0.837. The minimum Gasteiger partial charge on any atom is -0.454 e. The predicted octanol–water partition coefficient (Wildman–Crippen LogP) is 1.96. The highest BCUT2D eigenvalue weighted by Crippen LogP contribution is 2.32. The van der Waals surface area contributed by atoms with Gasteiger partial charge in [0, 0.05) is 38.6 Å². The molecule has 4 rings (SSSR count). The molecule has 2 aliphatic heterocycles. The molecule has 0 atom stereocenters. The number of aromatic nitrogens is 2. The van der Waals surface area contributed by atoms with Crippen molar-refractivity contribution in [3.63, 3.8) is 0 Å². The van der Waals surface area contributed by atoms with E-state index in [0.717, 1.165) is 63.0 Å². The Morgan fingerprint density at radius 1 is 0.958 bits per heavy atom. The molecule has 0 amide bonds. The first-order valence-electron chi connectivity index (χ1n) is 8.51. The molecule has 3 heterocycles. The fraction of sp³-hybridized carbons (Fsp3) is 0.444. The second kappa shape index (κ2) is 7.05. The number of piperazine rings is 1. The largest absolute Gasteiger partial charge is 0.454 e. The van der Waals surface area contributed by atoms with Crippen molar-refractivity contribution >= 4 is 5.95 Å². The van der Waals surface area contributed by atoms with Gasteiger partial charge in [-0.15, -0.1) is 0 Å². The summed E-state index contributed by atoms with van der Waals surface area (Å²) in [5, 5.41) is 0. The molecule has 24 heavy (non-hydrogen) atoms. The zero-order valence-corrected chi connectivity index (χ0v) is 13.7. The number of aryl methyl sites for hydroxylation is 1. The minimum atomic E-state index is 0.341. The summed E-state index contributed by atoms with van der Waals surface area (Å²) in [6, 6.07) is 8.11. The van der Waals surface area contributed by atoms with Gasteiger partial charge in [-0.25, -0.2) is 9.97 Å². The fourth-order valence-corrected chi connectivity index (χ4v) is 3.23. The Morgan fingerprint density at radius 3 is 2.58 bits per heavy atom. The Hall–Kier alpha value is -2.34. The van der Waals surface area contributed by atoms with Crippen LogP contribution in [0.2, 0.25) is 0 Å². The molecule has 6 heteroatoms. The van der Waals surface area contributed by atoms with E-state index >= 15 is 0 Å². The Balaban J connectivity index is 1.22. The van der Waals surface area contributed by atoms with Gasteiger partial charge in [-0.05, 0) is 43.1 Å². The third-order valence-corrected chi connectivity index (χ3v) is 4.58. The van der Waals surface area contributed by atoms with Crippen molar-refractivity contribution in [2.75, 3.05) is 44.4 Å². The van der Waals surface area contributed by atoms with Gasteiger partial charge in [-0.3, -0.25) is 4.90 Å². The van der Waals surface area contributed by atoms with Gasteiger partial charge in [-0.2, -0.15) is 0 Å². The number of ether oxygens (including phenoxy) is 2. The summed E-state index contributed by atoms with van der Waals surface area (Å²) >= 11 is 0. The van der Waals surface area contributed by atoms with Crippen molar-refractivity contribution in [3.8, 4) is 11.5 Å². The van der Waals surface area contributed by atoms with Crippen LogP contribution in [0.3, 0.4) is 0 Å². The summed E-state index contributed by atoms with van der Waals surface area (Å²) in [7, 11) is 0. The molecule has 0 unspecified atom stereocenters. The van der Waals surface area contributed by atoms with Gasteiger partial charge in [0.1, 0.15) is 0 Å². The van der Waals surface area contributed by atoms with Crippen molar-refractivity contribution in [2.45, 2.75) is 12.8 Å². The summed E-state index contributed by atoms with van der Waals surface area (Å²) in [6.07, 6.45) is 5.83. The van der Waals surface area contributed by atoms with E-state index in [1.54, 1.807) is 12.4 Å². The number of nitrogens with zero attached hydrogens (tertiary/aromatic N) is 4. The first-order valence-corrected chi connectivity index (χ1v) is 8.51. The SMILES string of the molecule is c1cnc(N2CCN(CCCc3ccc4c(c3)OCO4)CC2)nc1. The molecular formula is C18H22N4O2. The van der Waals surface area contributed by atoms with E-state index in [1.807, 2.05) is 12.1 Å². The van der Waals surface area contributed by atoms with Crippen LogP contribution in [0.4, 0.5) is 5.95 Å². The molecular weight excluding hydrogens is 304 g/mol. The number of rotatable bonds is 5. The summed E-state index contributed by atoms with van der Waals surface area (Å²) in [6.45, 7) is 5.59. The molecule has 1 aromatic carbocycles. The number of hydrogen-bond acceptors (Lipinski definition) is 6. The van der Waals surface area contributed by atoms with Crippen LogP contribution in [0.25, 0.3) is 0 Å². The minimum absolute atomic E-state index is 0.341. The molecule has 1 fully saturated rings. The van der Waals surface area contributed by atoms with E-state index in [-0.39, 0.29) is 0 Å². The molecule has 0 bridgehead atoms. The van der Waals surface area contributed by atoms with Crippen LogP contribution < -0.4 is 14.4 Å². The first-order chi connectivity index (χ1) is 11.9. The van der Waals surface area contributed by atoms with Crippen molar-refractivity contribution in [2.24, 2.45) is 0 Å². The molecule has 0 N–H and O–H groups in total. The number of benzene rings is 1. The van der Waals surface area contributed by atoms with Gasteiger partial charge in [0.15, 0.2) is 11.5 Å². The summed E-state index contributed by atoms with van der Waals surface area (Å²) in [5.41, 5.74) is 1.32. The lowest BCUT2D eigenvalue weighted by molar-refractivity contribution is 0.174. The lowest BCUT2D eigenvalue weighted by Gasteiger charge is -2.34. The van der Waals surface area contributed by atoms with Gasteiger partial charge in [0.2, 0.25) is 12.7 Å². The van der Waals surface area contributed by atoms with Crippen molar-refractivity contribution < 1.29 is 9.47 Å². The van der Waals surface area contributed by atoms with Crippen LogP contribution >= 0.6 is 0 Å². The average Bonchev–Trinajstić information content (AvgIpc) is 3.11. The third kappa shape index (κ3) is 3.43. The Kier molecular flexibility index (Phi) is 4.46. The normalized spacial score (nSPS) is 17.2. The highest BCUT2D eigenvalue weighted by molar-refractivity contribution is 5.44. The van der Waals surface area contributed by atoms with E-state index in [4.69, 9.17) is 9.47 Å². The number of anilines is 1. The van der Waals surface area contributed by atoms with Crippen LogP contribution in [0, 0.1) is 0 Å². The maximum Gasteiger partial charge on any atom is 0.231 e. The van der Waals surface area contributed by atoms with Crippen LogP contribution in [0.15, 0.2) is 36.7 Å². The molecule has 2 aliphatic rings. The van der Waals surface area contributed by atoms with Crippen LogP contribution in [-0.2, 0) is 6.42 Å². The van der Waals surface area contributed by atoms with E-state index < -0.39 is 0 Å². The van der Waals surface area contributed by atoms with Gasteiger partial charge >= 0.3 is 0 Å². The van der Waals surface area contributed by atoms with Crippen LogP contribution in [-0.4, -0.2) is 54.4 Å². The first kappa shape index (κ1) is 15.2. The van der Waals surface area contributed by atoms with Crippen LogP contribution in [0.5, 0.6) is 11.5 Å². The van der Waals surface area contributed by atoms with E-state index in [9.17, 15) is 0 Å². The molecule has 2 aromatic rings. The smallest absolute Gasteiger partial charge is 0.231 e. The topological polar surface area (TPSA) is 50.7 Å². The molecule has 0 aliphatic carbocycles. The second-order valence-electron chi connectivity index (χ2n) is 6.17. The average molecular weight is 326 g/mol. The maximum atomic E-state index is 5.44. The second-order valence-corrected chi connectivity index (χ2v) is 6.17. The maximum absolute atomic E-state index is 5.44. The predicted molar refractivity (Wildman–Crippen MR) is 91.6 cm³/mol. The molecule has 126 valence electrons. The van der Waals surface area contributed by atoms with Crippen molar-refractivity contribution in [3.05, 3.63) is 42.2 Å². The zero-order chi connectivity index (χ0) is 16.2. The lowest BCUT2D eigenvalue weighted by atomic mass is 10.1. The fourth-order valence-electron chi connectivity index (χ4n) is 3.23.